The van der Waals surface area contributed by atoms with E-state index in [1.807, 2.05) is 0 Å². The molecule has 0 aliphatic carbocycles. The number of ether oxygens (including phenoxy) is 1. The first kappa shape index (κ1) is 13.1. The zero-order chi connectivity index (χ0) is 12.5. The number of aromatic nitrogens is 2. The molecule has 17 heavy (non-hydrogen) atoms. The van der Waals surface area contributed by atoms with Crippen LogP contribution in [0, 0.1) is 0 Å². The van der Waals surface area contributed by atoms with Gasteiger partial charge in [-0.1, -0.05) is 27.5 Å². The molecular formula is C11H15BrClN3O. The van der Waals surface area contributed by atoms with Gasteiger partial charge in [0.1, 0.15) is 0 Å². The van der Waals surface area contributed by atoms with E-state index in [0.29, 0.717) is 11.0 Å². The minimum Gasteiger partial charge on any atom is -0.368 e. The van der Waals surface area contributed by atoms with Crippen LogP contribution in [0.3, 0.4) is 0 Å². The summed E-state index contributed by atoms with van der Waals surface area (Å²) in [4.78, 5) is 10.6. The first-order chi connectivity index (χ1) is 8.00. The summed E-state index contributed by atoms with van der Waals surface area (Å²) < 4.78 is 5.93. The van der Waals surface area contributed by atoms with Crippen LogP contribution in [0.4, 0.5) is 5.95 Å². The van der Waals surface area contributed by atoms with Gasteiger partial charge < -0.3 is 9.64 Å². The SMILES string of the molecule is CC1(C)CN(c2ncc(Cl)cn2)CC(CBr)O1. The molecule has 94 valence electrons. The molecule has 1 aromatic rings. The van der Waals surface area contributed by atoms with Gasteiger partial charge in [-0.05, 0) is 13.8 Å². The number of halogens is 2. The van der Waals surface area contributed by atoms with Gasteiger partial charge in [-0.2, -0.15) is 0 Å². The Hall–Kier alpha value is -0.390. The van der Waals surface area contributed by atoms with Crippen LogP contribution in [-0.4, -0.2) is 40.1 Å². The lowest BCUT2D eigenvalue weighted by Gasteiger charge is -2.42. The second-order valence-electron chi connectivity index (χ2n) is 4.74. The first-order valence-corrected chi connectivity index (χ1v) is 6.96. The third kappa shape index (κ3) is 3.30. The van der Waals surface area contributed by atoms with Crippen LogP contribution in [0.1, 0.15) is 13.8 Å². The summed E-state index contributed by atoms with van der Waals surface area (Å²) >= 11 is 9.25. The lowest BCUT2D eigenvalue weighted by atomic mass is 10.1. The van der Waals surface area contributed by atoms with Gasteiger partial charge in [0.15, 0.2) is 0 Å². The van der Waals surface area contributed by atoms with Gasteiger partial charge in [0.05, 0.1) is 29.1 Å². The highest BCUT2D eigenvalue weighted by molar-refractivity contribution is 9.09. The standard InChI is InChI=1S/C11H15BrClN3O/c1-11(2)7-16(6-9(3-12)17-11)10-14-4-8(13)5-15-10/h4-5,9H,3,6-7H2,1-2H3. The van der Waals surface area contributed by atoms with Crippen molar-refractivity contribution < 1.29 is 4.74 Å². The Kier molecular flexibility index (Phi) is 3.90. The van der Waals surface area contributed by atoms with Crippen molar-refractivity contribution in [3.05, 3.63) is 17.4 Å². The van der Waals surface area contributed by atoms with E-state index >= 15 is 0 Å². The molecule has 4 nitrogen and oxygen atoms in total. The fourth-order valence-corrected chi connectivity index (χ4v) is 2.43. The number of rotatable bonds is 2. The molecule has 0 saturated carbocycles. The van der Waals surface area contributed by atoms with Crippen LogP contribution in [0.2, 0.25) is 5.02 Å². The Morgan fingerprint density at radius 1 is 1.53 bits per heavy atom. The molecule has 2 heterocycles. The van der Waals surface area contributed by atoms with Crippen molar-refractivity contribution >= 4 is 33.5 Å². The highest BCUT2D eigenvalue weighted by atomic mass is 79.9. The van der Waals surface area contributed by atoms with E-state index in [2.05, 4.69) is 44.6 Å². The number of hydrogen-bond acceptors (Lipinski definition) is 4. The van der Waals surface area contributed by atoms with Crippen LogP contribution in [0.15, 0.2) is 12.4 Å². The number of nitrogens with zero attached hydrogens (tertiary/aromatic N) is 3. The maximum Gasteiger partial charge on any atom is 0.225 e. The normalized spacial score (nSPS) is 23.8. The second-order valence-corrected chi connectivity index (χ2v) is 5.82. The van der Waals surface area contributed by atoms with Gasteiger partial charge in [-0.25, -0.2) is 9.97 Å². The highest BCUT2D eigenvalue weighted by Crippen LogP contribution is 2.24. The third-order valence-electron chi connectivity index (χ3n) is 2.54. The molecule has 1 unspecified atom stereocenters. The minimum atomic E-state index is -0.195. The first-order valence-electron chi connectivity index (χ1n) is 5.46. The van der Waals surface area contributed by atoms with Crippen LogP contribution >= 0.6 is 27.5 Å². The Morgan fingerprint density at radius 2 is 2.18 bits per heavy atom. The Morgan fingerprint density at radius 3 is 2.76 bits per heavy atom. The summed E-state index contributed by atoms with van der Waals surface area (Å²) in [5.41, 5.74) is -0.195. The topological polar surface area (TPSA) is 38.2 Å². The summed E-state index contributed by atoms with van der Waals surface area (Å²) in [7, 11) is 0. The number of hydrogen-bond donors (Lipinski definition) is 0. The molecule has 1 saturated heterocycles. The quantitative estimate of drug-likeness (QED) is 0.785. The molecule has 2 rings (SSSR count). The van der Waals surface area contributed by atoms with Crippen LogP contribution in [-0.2, 0) is 4.74 Å². The monoisotopic (exact) mass is 319 g/mol. The van der Waals surface area contributed by atoms with Gasteiger partial charge in [0.25, 0.3) is 0 Å². The molecule has 6 heteroatoms. The number of alkyl halides is 1. The van der Waals surface area contributed by atoms with Crippen molar-refractivity contribution in [2.24, 2.45) is 0 Å². The van der Waals surface area contributed by atoms with Crippen molar-refractivity contribution in [3.8, 4) is 0 Å². The van der Waals surface area contributed by atoms with Crippen molar-refractivity contribution in [2.45, 2.75) is 25.6 Å². The van der Waals surface area contributed by atoms with E-state index in [1.165, 1.54) is 0 Å². The summed E-state index contributed by atoms with van der Waals surface area (Å²) in [6.45, 7) is 5.71. The summed E-state index contributed by atoms with van der Waals surface area (Å²) in [5, 5.41) is 1.36. The molecule has 0 radical (unpaired) electrons. The Labute approximate surface area is 114 Å². The maximum absolute atomic E-state index is 5.93. The molecular weight excluding hydrogens is 305 g/mol. The van der Waals surface area contributed by atoms with E-state index in [0.717, 1.165) is 18.4 Å². The van der Waals surface area contributed by atoms with Crippen LogP contribution in [0.5, 0.6) is 0 Å². The zero-order valence-corrected chi connectivity index (χ0v) is 12.2. The largest absolute Gasteiger partial charge is 0.368 e. The molecule has 1 aromatic heterocycles. The lowest BCUT2D eigenvalue weighted by Crippen LogP contribution is -2.53. The van der Waals surface area contributed by atoms with E-state index in [-0.39, 0.29) is 11.7 Å². The van der Waals surface area contributed by atoms with Crippen molar-refractivity contribution in [1.82, 2.24) is 9.97 Å². The lowest BCUT2D eigenvalue weighted by molar-refractivity contribution is -0.0728. The van der Waals surface area contributed by atoms with Crippen molar-refractivity contribution in [2.75, 3.05) is 23.3 Å². The molecule has 0 spiro atoms. The van der Waals surface area contributed by atoms with Gasteiger partial charge in [0, 0.05) is 18.4 Å². The van der Waals surface area contributed by atoms with E-state index in [1.54, 1.807) is 12.4 Å². The second kappa shape index (κ2) is 5.08. The van der Waals surface area contributed by atoms with Gasteiger partial charge >= 0.3 is 0 Å². The summed E-state index contributed by atoms with van der Waals surface area (Å²) in [6.07, 6.45) is 3.39. The molecule has 1 aliphatic heterocycles. The minimum absolute atomic E-state index is 0.151. The molecule has 1 atom stereocenters. The van der Waals surface area contributed by atoms with Crippen molar-refractivity contribution in [3.63, 3.8) is 0 Å². The molecule has 1 fully saturated rings. The van der Waals surface area contributed by atoms with Gasteiger partial charge in [-0.3, -0.25) is 0 Å². The van der Waals surface area contributed by atoms with Crippen LogP contribution < -0.4 is 4.90 Å². The average Bonchev–Trinajstić information content (AvgIpc) is 2.27. The molecule has 0 aromatic carbocycles. The van der Waals surface area contributed by atoms with E-state index < -0.39 is 0 Å². The molecule has 0 bridgehead atoms. The predicted octanol–water partition coefficient (Wildman–Crippen LogP) is 2.51. The molecule has 0 amide bonds. The van der Waals surface area contributed by atoms with Gasteiger partial charge in [0.2, 0.25) is 5.95 Å². The average molecular weight is 321 g/mol. The van der Waals surface area contributed by atoms with Crippen LogP contribution in [0.25, 0.3) is 0 Å². The molecule has 0 N–H and O–H groups in total. The fourth-order valence-electron chi connectivity index (χ4n) is 2.00. The highest BCUT2D eigenvalue weighted by Gasteiger charge is 2.33. The molecule has 1 aliphatic rings. The van der Waals surface area contributed by atoms with Gasteiger partial charge in [-0.15, -0.1) is 0 Å². The van der Waals surface area contributed by atoms with E-state index in [9.17, 15) is 0 Å². The number of anilines is 1. The number of morpholine rings is 1. The summed E-state index contributed by atoms with van der Waals surface area (Å²) in [5.74, 6) is 0.705. The third-order valence-corrected chi connectivity index (χ3v) is 3.46. The Balaban J connectivity index is 2.17. The fraction of sp³-hybridized carbons (Fsp3) is 0.636. The maximum atomic E-state index is 5.93. The predicted molar refractivity (Wildman–Crippen MR) is 72.0 cm³/mol. The Bertz CT molecular complexity index is 385. The summed E-state index contributed by atoms with van der Waals surface area (Å²) in [6, 6.07) is 0. The van der Waals surface area contributed by atoms with E-state index in [4.69, 9.17) is 16.3 Å². The van der Waals surface area contributed by atoms with Crippen molar-refractivity contribution in [1.29, 1.82) is 0 Å². The smallest absolute Gasteiger partial charge is 0.225 e. The zero-order valence-electron chi connectivity index (χ0n) is 9.86.